The number of halogens is 1. The molecule has 0 saturated heterocycles. The minimum Gasteiger partial charge on any atom is -0.497 e. The van der Waals surface area contributed by atoms with Crippen LogP contribution in [0, 0.1) is 3.57 Å². The largest absolute Gasteiger partial charge is 0.497 e. The Kier molecular flexibility index (Phi) is 5.69. The van der Waals surface area contributed by atoms with Gasteiger partial charge in [0.05, 0.1) is 20.3 Å². The highest BCUT2D eigenvalue weighted by atomic mass is 127. The zero-order valence-electron chi connectivity index (χ0n) is 12.0. The quantitative estimate of drug-likeness (QED) is 0.731. The summed E-state index contributed by atoms with van der Waals surface area (Å²) in [5.74, 6) is 1.34. The summed E-state index contributed by atoms with van der Waals surface area (Å²) < 4.78 is 11.6. The van der Waals surface area contributed by atoms with Crippen molar-refractivity contribution < 1.29 is 14.6 Å². The number of benzene rings is 2. The predicted octanol–water partition coefficient (Wildman–Crippen LogP) is 3.45. The van der Waals surface area contributed by atoms with Gasteiger partial charge in [-0.25, -0.2) is 0 Å². The van der Waals surface area contributed by atoms with Gasteiger partial charge < -0.3 is 19.9 Å². The summed E-state index contributed by atoms with van der Waals surface area (Å²) in [6, 6.07) is 13.3. The van der Waals surface area contributed by atoms with Crippen LogP contribution < -0.4 is 14.8 Å². The average Bonchev–Trinajstić information content (AvgIpc) is 2.53. The molecule has 0 heterocycles. The molecule has 0 radical (unpaired) electrons. The molecule has 2 rings (SSSR count). The van der Waals surface area contributed by atoms with Gasteiger partial charge in [0.2, 0.25) is 0 Å². The fraction of sp³-hybridized carbons (Fsp3) is 0.250. The average molecular weight is 399 g/mol. The molecule has 5 heteroatoms. The lowest BCUT2D eigenvalue weighted by Gasteiger charge is -2.17. The molecular weight excluding hydrogens is 381 g/mol. The molecule has 1 atom stereocenters. The molecule has 1 unspecified atom stereocenters. The van der Waals surface area contributed by atoms with Crippen LogP contribution in [0.3, 0.4) is 0 Å². The maximum atomic E-state index is 10.4. The fourth-order valence-electron chi connectivity index (χ4n) is 2.02. The lowest BCUT2D eigenvalue weighted by Crippen LogP contribution is -2.13. The zero-order valence-corrected chi connectivity index (χ0v) is 14.1. The van der Waals surface area contributed by atoms with Gasteiger partial charge in [-0.3, -0.25) is 0 Å². The third-order valence-corrected chi connectivity index (χ3v) is 4.10. The molecule has 0 aromatic heterocycles. The van der Waals surface area contributed by atoms with Crippen molar-refractivity contribution in [3.63, 3.8) is 0 Å². The molecule has 112 valence electrons. The van der Waals surface area contributed by atoms with Gasteiger partial charge in [-0.15, -0.1) is 0 Å². The van der Waals surface area contributed by atoms with Gasteiger partial charge in [0, 0.05) is 21.4 Å². The predicted molar refractivity (Wildman–Crippen MR) is 92.2 cm³/mol. The third-order valence-electron chi connectivity index (χ3n) is 3.16. The van der Waals surface area contributed by atoms with Gasteiger partial charge in [0.1, 0.15) is 11.5 Å². The van der Waals surface area contributed by atoms with E-state index in [-0.39, 0.29) is 0 Å². The van der Waals surface area contributed by atoms with Crippen molar-refractivity contribution in [1.29, 1.82) is 0 Å². The lowest BCUT2D eigenvalue weighted by molar-refractivity contribution is 0.186. The molecule has 21 heavy (non-hydrogen) atoms. The molecular formula is C16H18INO3. The van der Waals surface area contributed by atoms with E-state index in [9.17, 15) is 5.11 Å². The second-order valence-corrected chi connectivity index (χ2v) is 5.65. The lowest BCUT2D eigenvalue weighted by atomic mass is 10.1. The molecule has 0 aliphatic carbocycles. The van der Waals surface area contributed by atoms with E-state index in [0.717, 1.165) is 9.26 Å². The molecule has 0 fully saturated rings. The number of aliphatic hydroxyl groups excluding tert-OH is 1. The Hall–Kier alpha value is -1.47. The van der Waals surface area contributed by atoms with Gasteiger partial charge in [0.15, 0.2) is 0 Å². The Morgan fingerprint density at radius 3 is 2.57 bits per heavy atom. The number of nitrogens with one attached hydrogen (secondary N) is 1. The fourth-order valence-corrected chi connectivity index (χ4v) is 2.60. The zero-order chi connectivity index (χ0) is 15.2. The smallest absolute Gasteiger partial charge is 0.124 e. The van der Waals surface area contributed by atoms with E-state index >= 15 is 0 Å². The summed E-state index contributed by atoms with van der Waals surface area (Å²) >= 11 is 2.26. The van der Waals surface area contributed by atoms with Crippen LogP contribution in [0.2, 0.25) is 0 Å². The van der Waals surface area contributed by atoms with Crippen LogP contribution in [0.1, 0.15) is 11.7 Å². The number of anilines is 1. The topological polar surface area (TPSA) is 50.7 Å². The van der Waals surface area contributed by atoms with Gasteiger partial charge in [-0.2, -0.15) is 0 Å². The van der Waals surface area contributed by atoms with Crippen molar-refractivity contribution in [2.75, 3.05) is 26.1 Å². The van der Waals surface area contributed by atoms with E-state index in [2.05, 4.69) is 27.9 Å². The highest BCUT2D eigenvalue weighted by Gasteiger charge is 2.14. The number of para-hydroxylation sites is 1. The van der Waals surface area contributed by atoms with Crippen LogP contribution in [0.25, 0.3) is 0 Å². The maximum absolute atomic E-state index is 10.4. The van der Waals surface area contributed by atoms with Gasteiger partial charge in [0.25, 0.3) is 0 Å². The van der Waals surface area contributed by atoms with Crippen LogP contribution in [-0.4, -0.2) is 25.9 Å². The highest BCUT2D eigenvalue weighted by Crippen LogP contribution is 2.29. The summed E-state index contributed by atoms with van der Waals surface area (Å²) in [5.41, 5.74) is 1.70. The number of aliphatic hydroxyl groups is 1. The third kappa shape index (κ3) is 4.01. The van der Waals surface area contributed by atoms with Crippen LogP contribution in [0.5, 0.6) is 11.5 Å². The molecule has 2 aromatic rings. The van der Waals surface area contributed by atoms with Gasteiger partial charge in [-0.1, -0.05) is 12.1 Å². The molecule has 2 N–H and O–H groups in total. The molecule has 2 aromatic carbocycles. The van der Waals surface area contributed by atoms with Crippen molar-refractivity contribution in [2.24, 2.45) is 0 Å². The second kappa shape index (κ2) is 7.51. The molecule has 0 bridgehead atoms. The maximum Gasteiger partial charge on any atom is 0.124 e. The van der Waals surface area contributed by atoms with Crippen molar-refractivity contribution in [3.05, 3.63) is 51.6 Å². The first kappa shape index (κ1) is 15.9. The van der Waals surface area contributed by atoms with Gasteiger partial charge >= 0.3 is 0 Å². The highest BCUT2D eigenvalue weighted by molar-refractivity contribution is 14.1. The first-order valence-corrected chi connectivity index (χ1v) is 7.62. The van der Waals surface area contributed by atoms with Crippen molar-refractivity contribution in [2.45, 2.75) is 6.10 Å². The van der Waals surface area contributed by atoms with Crippen LogP contribution in [0.15, 0.2) is 42.5 Å². The van der Waals surface area contributed by atoms with Crippen LogP contribution in [0.4, 0.5) is 5.69 Å². The number of rotatable bonds is 6. The van der Waals surface area contributed by atoms with Crippen molar-refractivity contribution in [1.82, 2.24) is 0 Å². The minimum atomic E-state index is -0.689. The minimum absolute atomic E-state index is 0.392. The normalized spacial score (nSPS) is 11.8. The molecule has 0 amide bonds. The van der Waals surface area contributed by atoms with Crippen LogP contribution in [-0.2, 0) is 0 Å². The van der Waals surface area contributed by atoms with Crippen molar-refractivity contribution >= 4 is 28.3 Å². The van der Waals surface area contributed by atoms with E-state index in [1.54, 1.807) is 26.4 Å². The second-order valence-electron chi connectivity index (χ2n) is 4.48. The van der Waals surface area contributed by atoms with E-state index in [1.807, 2.05) is 30.3 Å². The standard InChI is InChI=1S/C16H18INO3/c1-20-11-7-8-16(21-2)12(9-11)15(19)10-18-14-6-4-3-5-13(14)17/h3-9,15,18-19H,10H2,1-2H3. The first-order chi connectivity index (χ1) is 10.2. The number of hydrogen-bond donors (Lipinski definition) is 2. The van der Waals surface area contributed by atoms with Crippen LogP contribution >= 0.6 is 22.6 Å². The van der Waals surface area contributed by atoms with E-state index in [0.29, 0.717) is 23.6 Å². The molecule has 0 saturated carbocycles. The Morgan fingerprint density at radius 1 is 1.14 bits per heavy atom. The Balaban J connectivity index is 2.13. The SMILES string of the molecule is COc1ccc(OC)c(C(O)CNc2ccccc2I)c1. The monoisotopic (exact) mass is 399 g/mol. The van der Waals surface area contributed by atoms with E-state index in [4.69, 9.17) is 9.47 Å². The Morgan fingerprint density at radius 2 is 1.90 bits per heavy atom. The summed E-state index contributed by atoms with van der Waals surface area (Å²) in [6.45, 7) is 0.392. The van der Waals surface area contributed by atoms with E-state index in [1.165, 1.54) is 0 Å². The number of methoxy groups -OCH3 is 2. The summed E-state index contributed by atoms with van der Waals surface area (Å²) in [6.07, 6.45) is -0.689. The molecule has 0 spiro atoms. The molecule has 0 aliphatic heterocycles. The number of hydrogen-bond acceptors (Lipinski definition) is 4. The molecule has 0 aliphatic rings. The Bertz CT molecular complexity index is 604. The van der Waals surface area contributed by atoms with Crippen molar-refractivity contribution in [3.8, 4) is 11.5 Å². The molecule has 4 nitrogen and oxygen atoms in total. The van der Waals surface area contributed by atoms with Gasteiger partial charge in [-0.05, 0) is 52.9 Å². The summed E-state index contributed by atoms with van der Waals surface area (Å²) in [7, 11) is 3.19. The number of ether oxygens (including phenoxy) is 2. The van der Waals surface area contributed by atoms with E-state index < -0.39 is 6.10 Å². The summed E-state index contributed by atoms with van der Waals surface area (Å²) in [4.78, 5) is 0. The summed E-state index contributed by atoms with van der Waals surface area (Å²) in [5, 5.41) is 13.7. The Labute approximate surface area is 138 Å². The first-order valence-electron chi connectivity index (χ1n) is 6.54.